The molecule has 1 aliphatic heterocycles. The summed E-state index contributed by atoms with van der Waals surface area (Å²) in [7, 11) is 0. The molecule has 0 radical (unpaired) electrons. The largest absolute Gasteiger partial charge is 0.341 e. The molecule has 0 saturated carbocycles. The Kier molecular flexibility index (Phi) is 6.82. The summed E-state index contributed by atoms with van der Waals surface area (Å²) in [5.74, 6) is 1.24. The summed E-state index contributed by atoms with van der Waals surface area (Å²) in [5, 5.41) is 4.86. The number of nitrogens with zero attached hydrogens (tertiary/aromatic N) is 5. The molecule has 1 amide bonds. The highest BCUT2D eigenvalue weighted by Crippen LogP contribution is 2.27. The van der Waals surface area contributed by atoms with E-state index in [0.29, 0.717) is 37.1 Å². The molecular weight excluding hydrogens is 453 g/mol. The third-order valence-corrected chi connectivity index (χ3v) is 6.87. The molecule has 9 heteroatoms. The van der Waals surface area contributed by atoms with Crippen LogP contribution in [-0.4, -0.2) is 62.8 Å². The number of rotatable bonds is 6. The van der Waals surface area contributed by atoms with Crippen molar-refractivity contribution in [3.63, 3.8) is 0 Å². The van der Waals surface area contributed by atoms with E-state index in [2.05, 4.69) is 20.0 Å². The van der Waals surface area contributed by atoms with Crippen molar-refractivity contribution in [1.82, 2.24) is 24.9 Å². The topological polar surface area (TPSA) is 75.4 Å². The zero-order chi connectivity index (χ0) is 23.3. The molecule has 2 aromatic heterocycles. The minimum absolute atomic E-state index is 0.0825. The number of hydrogen-bond acceptors (Lipinski definition) is 7. The monoisotopic (exact) mass is 477 g/mol. The second-order valence-electron chi connectivity index (χ2n) is 8.15. The highest BCUT2D eigenvalue weighted by atomic mass is 32.2. The first-order valence-corrected chi connectivity index (χ1v) is 12.2. The van der Waals surface area contributed by atoms with Crippen molar-refractivity contribution in [3.8, 4) is 11.5 Å². The van der Waals surface area contributed by atoms with E-state index in [9.17, 15) is 9.18 Å². The van der Waals surface area contributed by atoms with Crippen molar-refractivity contribution in [2.45, 2.75) is 17.9 Å². The molecule has 174 valence electrons. The van der Waals surface area contributed by atoms with Gasteiger partial charge >= 0.3 is 0 Å². The molecule has 5 rings (SSSR count). The molecule has 4 aromatic rings. The summed E-state index contributed by atoms with van der Waals surface area (Å²) < 4.78 is 19.1. The highest BCUT2D eigenvalue weighted by molar-refractivity contribution is 8.00. The quantitative estimate of drug-likeness (QED) is 0.384. The van der Waals surface area contributed by atoms with E-state index in [-0.39, 0.29) is 11.7 Å². The van der Waals surface area contributed by atoms with Crippen LogP contribution in [0.3, 0.4) is 0 Å². The lowest BCUT2D eigenvalue weighted by Crippen LogP contribution is -2.36. The molecule has 0 aliphatic carbocycles. The van der Waals surface area contributed by atoms with Gasteiger partial charge in [0.15, 0.2) is 5.82 Å². The molecule has 1 aliphatic rings. The van der Waals surface area contributed by atoms with E-state index in [0.717, 1.165) is 40.9 Å². The number of thioether (sulfide) groups is 1. The van der Waals surface area contributed by atoms with Gasteiger partial charge in [0.05, 0.1) is 17.8 Å². The van der Waals surface area contributed by atoms with Crippen LogP contribution in [0, 0.1) is 5.82 Å². The van der Waals surface area contributed by atoms with Crippen molar-refractivity contribution < 1.29 is 13.7 Å². The van der Waals surface area contributed by atoms with Gasteiger partial charge in [-0.3, -0.25) is 14.7 Å². The van der Waals surface area contributed by atoms with Crippen LogP contribution in [-0.2, 0) is 11.3 Å². The lowest BCUT2D eigenvalue weighted by molar-refractivity contribution is -0.128. The number of carbonyl (C=O) groups is 1. The maximum Gasteiger partial charge on any atom is 0.257 e. The van der Waals surface area contributed by atoms with Crippen LogP contribution in [0.1, 0.15) is 12.2 Å². The van der Waals surface area contributed by atoms with Gasteiger partial charge < -0.3 is 9.42 Å². The fourth-order valence-corrected chi connectivity index (χ4v) is 4.98. The van der Waals surface area contributed by atoms with Crippen LogP contribution in [0.25, 0.3) is 22.4 Å². The van der Waals surface area contributed by atoms with Crippen molar-refractivity contribution in [1.29, 1.82) is 0 Å². The Hall–Kier alpha value is -3.30. The van der Waals surface area contributed by atoms with Crippen LogP contribution in [0.5, 0.6) is 0 Å². The molecule has 3 heterocycles. The first kappa shape index (κ1) is 22.5. The third-order valence-electron chi connectivity index (χ3n) is 5.81. The van der Waals surface area contributed by atoms with Crippen LogP contribution < -0.4 is 0 Å². The summed E-state index contributed by atoms with van der Waals surface area (Å²) in [6.45, 7) is 3.55. The molecule has 1 saturated heterocycles. The molecule has 7 nitrogen and oxygen atoms in total. The number of amides is 1. The third kappa shape index (κ3) is 5.26. The number of hydrogen-bond donors (Lipinski definition) is 0. The van der Waals surface area contributed by atoms with E-state index in [1.165, 1.54) is 23.9 Å². The zero-order valence-corrected chi connectivity index (χ0v) is 19.4. The average molecular weight is 478 g/mol. The van der Waals surface area contributed by atoms with Crippen molar-refractivity contribution in [3.05, 3.63) is 72.4 Å². The summed E-state index contributed by atoms with van der Waals surface area (Å²) in [6.07, 6.45) is 2.57. The summed E-state index contributed by atoms with van der Waals surface area (Å²) in [5.41, 5.74) is 1.62. The lowest BCUT2D eigenvalue weighted by Gasteiger charge is -2.21. The first-order chi connectivity index (χ1) is 16.7. The molecule has 34 heavy (non-hydrogen) atoms. The van der Waals surface area contributed by atoms with Gasteiger partial charge in [0, 0.05) is 48.2 Å². The Morgan fingerprint density at radius 2 is 1.94 bits per heavy atom. The second-order valence-corrected chi connectivity index (χ2v) is 9.17. The number of aromatic nitrogens is 3. The van der Waals surface area contributed by atoms with E-state index in [4.69, 9.17) is 4.52 Å². The summed E-state index contributed by atoms with van der Waals surface area (Å²) in [6, 6.07) is 16.1. The van der Waals surface area contributed by atoms with E-state index in [1.54, 1.807) is 12.3 Å². The van der Waals surface area contributed by atoms with E-state index < -0.39 is 0 Å². The fraction of sp³-hybridized carbons (Fsp3) is 0.280. The maximum atomic E-state index is 13.7. The van der Waals surface area contributed by atoms with E-state index >= 15 is 0 Å². The van der Waals surface area contributed by atoms with Crippen LogP contribution >= 0.6 is 11.8 Å². The van der Waals surface area contributed by atoms with Crippen molar-refractivity contribution in [2.24, 2.45) is 0 Å². The molecule has 0 spiro atoms. The number of halogens is 1. The number of pyridine rings is 1. The normalized spacial score (nSPS) is 14.9. The number of fused-ring (bicyclic) bond motifs is 1. The van der Waals surface area contributed by atoms with Crippen LogP contribution in [0.4, 0.5) is 4.39 Å². The average Bonchev–Trinajstić information content (AvgIpc) is 3.20. The molecule has 0 bridgehead atoms. The van der Waals surface area contributed by atoms with Crippen molar-refractivity contribution in [2.75, 3.05) is 31.9 Å². The summed E-state index contributed by atoms with van der Waals surface area (Å²) >= 11 is 1.43. The van der Waals surface area contributed by atoms with Gasteiger partial charge in [-0.25, -0.2) is 4.39 Å². The highest BCUT2D eigenvalue weighted by Gasteiger charge is 2.21. The SMILES string of the molecule is O=C(CSc1ccnc2ccc(F)cc12)N1CCCN(Cc2noc(-c3ccccc3)n2)CC1. The van der Waals surface area contributed by atoms with Gasteiger partial charge in [-0.15, -0.1) is 11.8 Å². The minimum atomic E-state index is -0.307. The number of benzene rings is 2. The molecular formula is C25H24FN5O2S. The molecule has 0 N–H and O–H groups in total. The Balaban J connectivity index is 1.16. The second kappa shape index (κ2) is 10.3. The Bertz CT molecular complexity index is 1280. The maximum absolute atomic E-state index is 13.7. The van der Waals surface area contributed by atoms with Gasteiger partial charge in [-0.2, -0.15) is 4.98 Å². The lowest BCUT2D eigenvalue weighted by atomic mass is 10.2. The first-order valence-electron chi connectivity index (χ1n) is 11.2. The Morgan fingerprint density at radius 3 is 2.82 bits per heavy atom. The van der Waals surface area contributed by atoms with Gasteiger partial charge in [-0.1, -0.05) is 23.4 Å². The fourth-order valence-electron chi connectivity index (χ4n) is 4.04. The molecule has 0 atom stereocenters. The standard InChI is InChI=1S/C25H24FN5O2S/c26-19-7-8-21-20(15-19)22(9-10-27-21)34-17-24(32)31-12-4-11-30(13-14-31)16-23-28-25(33-29-23)18-5-2-1-3-6-18/h1-3,5-10,15H,4,11-14,16-17H2. The molecule has 1 fully saturated rings. The smallest absolute Gasteiger partial charge is 0.257 e. The van der Waals surface area contributed by atoms with Crippen molar-refractivity contribution >= 4 is 28.6 Å². The minimum Gasteiger partial charge on any atom is -0.341 e. The van der Waals surface area contributed by atoms with Gasteiger partial charge in [-0.05, 0) is 42.8 Å². The zero-order valence-electron chi connectivity index (χ0n) is 18.6. The van der Waals surface area contributed by atoms with Gasteiger partial charge in [0.2, 0.25) is 5.91 Å². The van der Waals surface area contributed by atoms with Gasteiger partial charge in [0.25, 0.3) is 5.89 Å². The van der Waals surface area contributed by atoms with Crippen LogP contribution in [0.2, 0.25) is 0 Å². The molecule has 2 aromatic carbocycles. The predicted molar refractivity (Wildman–Crippen MR) is 129 cm³/mol. The predicted octanol–water partition coefficient (Wildman–Crippen LogP) is 4.25. The Morgan fingerprint density at radius 1 is 1.06 bits per heavy atom. The van der Waals surface area contributed by atoms with Gasteiger partial charge in [0.1, 0.15) is 5.82 Å². The van der Waals surface area contributed by atoms with E-state index in [1.807, 2.05) is 41.3 Å². The molecule has 0 unspecified atom stereocenters. The number of carbonyl (C=O) groups excluding carboxylic acids is 1. The Labute approximate surface area is 201 Å². The van der Waals surface area contributed by atoms with Crippen LogP contribution in [0.15, 0.2) is 70.2 Å². The summed E-state index contributed by atoms with van der Waals surface area (Å²) in [4.78, 5) is 26.7.